The second-order valence-corrected chi connectivity index (χ2v) is 6.01. The minimum absolute atomic E-state index is 0.0630. The van der Waals surface area contributed by atoms with Gasteiger partial charge in [0.25, 0.3) is 5.91 Å². The van der Waals surface area contributed by atoms with Crippen LogP contribution in [-0.4, -0.2) is 22.7 Å². The lowest BCUT2D eigenvalue weighted by Crippen LogP contribution is -2.20. The van der Waals surface area contributed by atoms with E-state index < -0.39 is 0 Å². The van der Waals surface area contributed by atoms with E-state index in [1.807, 2.05) is 72.8 Å². The largest absolute Gasteiger partial charge is 0.484 e. The summed E-state index contributed by atoms with van der Waals surface area (Å²) in [5.74, 6) is 0.698. The minimum atomic E-state index is -0.363. The number of carbonyl (C=O) groups excluding carboxylic acids is 1. The Bertz CT molecular complexity index is 1060. The number of ether oxygens (including phenoxy) is 1. The summed E-state index contributed by atoms with van der Waals surface area (Å²) in [7, 11) is 0. The molecule has 0 aliphatic carbocycles. The van der Waals surface area contributed by atoms with Crippen LogP contribution in [0, 0.1) is 0 Å². The molecule has 1 N–H and O–H groups in total. The SMILES string of the molecule is O=C(COc1ccc2ccccc2c1)Nc1nnc(Cc2ccccc2)o1. The van der Waals surface area contributed by atoms with Crippen molar-refractivity contribution < 1.29 is 13.9 Å². The van der Waals surface area contributed by atoms with E-state index in [1.165, 1.54) is 0 Å². The van der Waals surface area contributed by atoms with Gasteiger partial charge in [-0.2, -0.15) is 0 Å². The van der Waals surface area contributed by atoms with Crippen LogP contribution in [-0.2, 0) is 11.2 Å². The second kappa shape index (κ2) is 7.70. The highest BCUT2D eigenvalue weighted by Gasteiger charge is 2.11. The molecule has 6 nitrogen and oxygen atoms in total. The molecule has 0 spiro atoms. The van der Waals surface area contributed by atoms with Crippen LogP contribution >= 0.6 is 0 Å². The van der Waals surface area contributed by atoms with Gasteiger partial charge in [-0.25, -0.2) is 0 Å². The van der Waals surface area contributed by atoms with Gasteiger partial charge in [-0.05, 0) is 28.5 Å². The molecule has 0 unspecified atom stereocenters. The van der Waals surface area contributed by atoms with Gasteiger partial charge in [-0.1, -0.05) is 65.8 Å². The number of hydrogen-bond acceptors (Lipinski definition) is 5. The number of rotatable bonds is 6. The molecular weight excluding hydrogens is 342 g/mol. The first-order chi connectivity index (χ1) is 13.3. The lowest BCUT2D eigenvalue weighted by Gasteiger charge is -2.06. The predicted octanol–water partition coefficient (Wildman–Crippen LogP) is 3.83. The normalized spacial score (nSPS) is 10.7. The van der Waals surface area contributed by atoms with Gasteiger partial charge in [0.15, 0.2) is 6.61 Å². The molecule has 0 saturated carbocycles. The number of carbonyl (C=O) groups is 1. The first kappa shape index (κ1) is 16.8. The van der Waals surface area contributed by atoms with Gasteiger partial charge in [0.1, 0.15) is 5.75 Å². The molecule has 1 heterocycles. The molecule has 0 radical (unpaired) electrons. The molecule has 0 atom stereocenters. The number of aromatic nitrogens is 2. The van der Waals surface area contributed by atoms with Crippen LogP contribution in [0.3, 0.4) is 0 Å². The third-order valence-corrected chi connectivity index (χ3v) is 4.00. The van der Waals surface area contributed by atoms with Crippen molar-refractivity contribution >= 4 is 22.7 Å². The molecule has 1 aromatic heterocycles. The van der Waals surface area contributed by atoms with Crippen molar-refractivity contribution in [3.8, 4) is 5.75 Å². The minimum Gasteiger partial charge on any atom is -0.484 e. The zero-order valence-corrected chi connectivity index (χ0v) is 14.5. The zero-order valence-electron chi connectivity index (χ0n) is 14.5. The number of amides is 1. The lowest BCUT2D eigenvalue weighted by molar-refractivity contribution is -0.118. The first-order valence-electron chi connectivity index (χ1n) is 8.54. The quantitative estimate of drug-likeness (QED) is 0.566. The summed E-state index contributed by atoms with van der Waals surface area (Å²) in [5, 5.41) is 12.5. The monoisotopic (exact) mass is 359 g/mol. The van der Waals surface area contributed by atoms with Crippen LogP contribution in [0.2, 0.25) is 0 Å². The van der Waals surface area contributed by atoms with Gasteiger partial charge >= 0.3 is 6.01 Å². The summed E-state index contributed by atoms with van der Waals surface area (Å²) in [4.78, 5) is 12.1. The summed E-state index contributed by atoms with van der Waals surface area (Å²) in [5.41, 5.74) is 1.05. The number of hydrogen-bond donors (Lipinski definition) is 1. The van der Waals surface area contributed by atoms with Gasteiger partial charge in [-0.3, -0.25) is 10.1 Å². The maximum Gasteiger partial charge on any atom is 0.322 e. The highest BCUT2D eigenvalue weighted by Crippen LogP contribution is 2.20. The molecule has 6 heteroatoms. The van der Waals surface area contributed by atoms with E-state index in [1.54, 1.807) is 0 Å². The molecule has 0 saturated heterocycles. The smallest absolute Gasteiger partial charge is 0.322 e. The van der Waals surface area contributed by atoms with Crippen molar-refractivity contribution in [1.82, 2.24) is 10.2 Å². The molecule has 0 bridgehead atoms. The van der Waals surface area contributed by atoms with Gasteiger partial charge in [-0.15, -0.1) is 5.10 Å². The van der Waals surface area contributed by atoms with E-state index in [0.29, 0.717) is 18.1 Å². The fraction of sp³-hybridized carbons (Fsp3) is 0.0952. The number of nitrogens with one attached hydrogen (secondary N) is 1. The van der Waals surface area contributed by atoms with Crippen LogP contribution in [0.1, 0.15) is 11.5 Å². The molecule has 0 aliphatic heterocycles. The van der Waals surface area contributed by atoms with Gasteiger partial charge in [0, 0.05) is 0 Å². The fourth-order valence-electron chi connectivity index (χ4n) is 2.71. The summed E-state index contributed by atoms with van der Waals surface area (Å²) < 4.78 is 11.0. The van der Waals surface area contributed by atoms with Gasteiger partial charge < -0.3 is 9.15 Å². The Balaban J connectivity index is 1.32. The van der Waals surface area contributed by atoms with Crippen LogP contribution in [0.25, 0.3) is 10.8 Å². The third-order valence-electron chi connectivity index (χ3n) is 4.00. The summed E-state index contributed by atoms with van der Waals surface area (Å²) in [6.45, 7) is -0.144. The van der Waals surface area contributed by atoms with E-state index >= 15 is 0 Å². The molecule has 27 heavy (non-hydrogen) atoms. The van der Waals surface area contributed by atoms with E-state index in [9.17, 15) is 4.79 Å². The maximum absolute atomic E-state index is 12.1. The Morgan fingerprint density at radius 3 is 2.56 bits per heavy atom. The fourth-order valence-corrected chi connectivity index (χ4v) is 2.71. The van der Waals surface area contributed by atoms with Crippen LogP contribution in [0.5, 0.6) is 5.75 Å². The van der Waals surface area contributed by atoms with Crippen molar-refractivity contribution in [2.75, 3.05) is 11.9 Å². The summed E-state index contributed by atoms with van der Waals surface area (Å²) in [6.07, 6.45) is 0.511. The average molecular weight is 359 g/mol. The Hall–Kier alpha value is -3.67. The van der Waals surface area contributed by atoms with E-state index in [-0.39, 0.29) is 18.5 Å². The Kier molecular flexibility index (Phi) is 4.78. The van der Waals surface area contributed by atoms with Crippen molar-refractivity contribution in [3.63, 3.8) is 0 Å². The number of nitrogens with zero attached hydrogens (tertiary/aromatic N) is 2. The lowest BCUT2D eigenvalue weighted by atomic mass is 10.1. The predicted molar refractivity (Wildman–Crippen MR) is 102 cm³/mol. The molecule has 0 fully saturated rings. The zero-order chi connectivity index (χ0) is 18.5. The standard InChI is InChI=1S/C21H17N3O3/c25-19(14-26-18-11-10-16-8-4-5-9-17(16)13-18)22-21-24-23-20(27-21)12-15-6-2-1-3-7-15/h1-11,13H,12,14H2,(H,22,24,25). The Morgan fingerprint density at radius 2 is 1.70 bits per heavy atom. The third kappa shape index (κ3) is 4.30. The van der Waals surface area contributed by atoms with E-state index in [0.717, 1.165) is 16.3 Å². The average Bonchev–Trinajstić information content (AvgIpc) is 3.13. The second-order valence-electron chi connectivity index (χ2n) is 6.01. The van der Waals surface area contributed by atoms with E-state index in [4.69, 9.17) is 9.15 Å². The highest BCUT2D eigenvalue weighted by molar-refractivity contribution is 5.90. The van der Waals surface area contributed by atoms with Gasteiger partial charge in [0.05, 0.1) is 6.42 Å². The number of benzene rings is 3. The van der Waals surface area contributed by atoms with Crippen LogP contribution < -0.4 is 10.1 Å². The van der Waals surface area contributed by atoms with Gasteiger partial charge in [0.2, 0.25) is 5.89 Å². The first-order valence-corrected chi connectivity index (χ1v) is 8.54. The number of fused-ring (bicyclic) bond motifs is 1. The molecule has 4 rings (SSSR count). The number of anilines is 1. The van der Waals surface area contributed by atoms with Crippen molar-refractivity contribution in [2.45, 2.75) is 6.42 Å². The van der Waals surface area contributed by atoms with E-state index in [2.05, 4.69) is 15.5 Å². The van der Waals surface area contributed by atoms with Crippen molar-refractivity contribution in [2.24, 2.45) is 0 Å². The van der Waals surface area contributed by atoms with Crippen molar-refractivity contribution in [1.29, 1.82) is 0 Å². The molecule has 134 valence electrons. The van der Waals surface area contributed by atoms with Crippen molar-refractivity contribution in [3.05, 3.63) is 84.3 Å². The highest BCUT2D eigenvalue weighted by atomic mass is 16.5. The van der Waals surface area contributed by atoms with Crippen LogP contribution in [0.15, 0.2) is 77.2 Å². The molecule has 3 aromatic carbocycles. The molecule has 4 aromatic rings. The summed E-state index contributed by atoms with van der Waals surface area (Å²) in [6, 6.07) is 23.5. The summed E-state index contributed by atoms with van der Waals surface area (Å²) >= 11 is 0. The Labute approximate surface area is 155 Å². The molecule has 1 amide bonds. The Morgan fingerprint density at radius 1 is 0.926 bits per heavy atom. The van der Waals surface area contributed by atoms with Crippen LogP contribution in [0.4, 0.5) is 6.01 Å². The topological polar surface area (TPSA) is 77.2 Å². The molecule has 0 aliphatic rings. The maximum atomic E-state index is 12.1. The molecular formula is C21H17N3O3.